The van der Waals surface area contributed by atoms with Gasteiger partial charge in [-0.05, 0) is 0 Å². The zero-order valence-corrected chi connectivity index (χ0v) is 11.2. The zero-order valence-electron chi connectivity index (χ0n) is 8.39. The number of alkyl halides is 8. The minimum absolute atomic E-state index is 0. The molecule has 0 radical (unpaired) electrons. The Morgan fingerprint density at radius 3 is 1.44 bits per heavy atom. The summed E-state index contributed by atoms with van der Waals surface area (Å²) >= 11 is 0. The maximum atomic E-state index is 12.4. The summed E-state index contributed by atoms with van der Waals surface area (Å²) in [5, 5.41) is 0. The van der Waals surface area contributed by atoms with Crippen molar-refractivity contribution < 1.29 is 77.7 Å². The summed E-state index contributed by atoms with van der Waals surface area (Å²) in [6, 6.07) is 0. The molecular weight excluding hydrogens is 315 g/mol. The summed E-state index contributed by atoms with van der Waals surface area (Å²) in [5.41, 5.74) is -5.04. The van der Waals surface area contributed by atoms with E-state index in [1.807, 2.05) is 0 Å². The van der Waals surface area contributed by atoms with Crippen LogP contribution in [0, 0.1) is 0 Å². The van der Waals surface area contributed by atoms with Crippen LogP contribution in [-0.2, 0) is 10.1 Å². The Hall–Kier alpha value is 0.350. The topological polar surface area (TPSA) is 57.2 Å². The molecule has 0 bridgehead atoms. The average molecular weight is 318 g/mol. The number of hydrogen-bond donors (Lipinski definition) is 0. The molecule has 18 heavy (non-hydrogen) atoms. The van der Waals surface area contributed by atoms with E-state index in [1.165, 1.54) is 0 Å². The van der Waals surface area contributed by atoms with Crippen LogP contribution in [0.15, 0.2) is 0 Å². The molecule has 104 valence electrons. The molecule has 0 rings (SSSR count). The smallest absolute Gasteiger partial charge is 0.746 e. The van der Waals surface area contributed by atoms with Gasteiger partial charge >= 0.3 is 41.4 Å². The van der Waals surface area contributed by atoms with Crippen LogP contribution in [0.2, 0.25) is 0 Å². The molecule has 0 saturated heterocycles. The van der Waals surface area contributed by atoms with E-state index in [4.69, 9.17) is 0 Å². The fourth-order valence-corrected chi connectivity index (χ4v) is 1.19. The first kappa shape index (κ1) is 20.7. The van der Waals surface area contributed by atoms with Crippen LogP contribution in [0.5, 0.6) is 0 Å². The molecule has 0 aromatic rings. The first-order chi connectivity index (χ1) is 7.26. The van der Waals surface area contributed by atoms with Crippen LogP contribution in [-0.4, -0.2) is 42.9 Å². The SMILES string of the molecule is O=S(=O)([O-])C(F)C(F)(F)C(F)(F)C(F)C(F)F.[Na+]. The molecule has 0 N–H and O–H groups in total. The second-order valence-corrected chi connectivity index (χ2v) is 4.19. The Labute approximate surface area is 118 Å². The van der Waals surface area contributed by atoms with Crippen LogP contribution in [0.25, 0.3) is 0 Å². The predicted molar refractivity (Wildman–Crippen MR) is 35.4 cm³/mol. The van der Waals surface area contributed by atoms with E-state index >= 15 is 0 Å². The van der Waals surface area contributed by atoms with Crippen LogP contribution < -0.4 is 29.6 Å². The summed E-state index contributed by atoms with van der Waals surface area (Å²) < 4.78 is 126. The predicted octanol–water partition coefficient (Wildman–Crippen LogP) is -1.29. The van der Waals surface area contributed by atoms with E-state index in [-0.39, 0.29) is 29.6 Å². The van der Waals surface area contributed by atoms with Crippen molar-refractivity contribution in [3.8, 4) is 0 Å². The molecule has 0 heterocycles. The second-order valence-electron chi connectivity index (χ2n) is 2.79. The molecule has 13 heteroatoms. The molecule has 0 aromatic carbocycles. The summed E-state index contributed by atoms with van der Waals surface area (Å²) in [6.45, 7) is 0. The fourth-order valence-electron chi connectivity index (χ4n) is 0.675. The Morgan fingerprint density at radius 1 is 0.889 bits per heavy atom. The molecule has 0 saturated carbocycles. The van der Waals surface area contributed by atoms with Gasteiger partial charge in [0.25, 0.3) is 11.9 Å². The number of halogens is 8. The third-order valence-corrected chi connectivity index (χ3v) is 2.35. The van der Waals surface area contributed by atoms with Gasteiger partial charge in [0.15, 0.2) is 0 Å². The van der Waals surface area contributed by atoms with Gasteiger partial charge in [-0.25, -0.2) is 26.0 Å². The minimum Gasteiger partial charge on any atom is -0.746 e. The molecule has 2 unspecified atom stereocenters. The van der Waals surface area contributed by atoms with Gasteiger partial charge in [0.2, 0.25) is 6.17 Å². The van der Waals surface area contributed by atoms with Crippen LogP contribution in [0.3, 0.4) is 0 Å². The van der Waals surface area contributed by atoms with Crippen molar-refractivity contribution in [3.05, 3.63) is 0 Å². The van der Waals surface area contributed by atoms with E-state index < -0.39 is 40.1 Å². The first-order valence-corrected chi connectivity index (χ1v) is 5.00. The summed E-state index contributed by atoms with van der Waals surface area (Å²) in [4.78, 5) is 0. The number of hydrogen-bond acceptors (Lipinski definition) is 3. The van der Waals surface area contributed by atoms with E-state index in [0.717, 1.165) is 0 Å². The monoisotopic (exact) mass is 318 g/mol. The maximum absolute atomic E-state index is 12.4. The van der Waals surface area contributed by atoms with Crippen LogP contribution in [0.1, 0.15) is 0 Å². The van der Waals surface area contributed by atoms with E-state index in [2.05, 4.69) is 0 Å². The van der Waals surface area contributed by atoms with Gasteiger partial charge in [0.05, 0.1) is 0 Å². The van der Waals surface area contributed by atoms with Crippen molar-refractivity contribution in [1.82, 2.24) is 0 Å². The van der Waals surface area contributed by atoms with Crippen molar-refractivity contribution in [3.63, 3.8) is 0 Å². The Bertz CT molecular complexity index is 371. The van der Waals surface area contributed by atoms with Crippen LogP contribution in [0.4, 0.5) is 35.1 Å². The molecular formula is C5H3F8NaO3S. The molecule has 3 nitrogen and oxygen atoms in total. The molecule has 0 spiro atoms. The Balaban J connectivity index is 0. The van der Waals surface area contributed by atoms with Gasteiger partial charge in [0.1, 0.15) is 10.1 Å². The second kappa shape index (κ2) is 6.20. The fraction of sp³-hybridized carbons (Fsp3) is 1.00. The largest absolute Gasteiger partial charge is 1.00 e. The molecule has 0 fully saturated rings. The Kier molecular flexibility index (Phi) is 7.12. The standard InChI is InChI=1S/C5H4F8O3S.Na/c6-1(2(7)8)4(10,11)5(12,13)3(9)17(14,15)16;/h1-3H,(H,14,15,16);/q;+1/p-1. The van der Waals surface area contributed by atoms with Gasteiger partial charge in [-0.15, -0.1) is 0 Å². The Morgan fingerprint density at radius 2 is 1.22 bits per heavy atom. The normalized spacial score (nSPS) is 17.2. The van der Waals surface area contributed by atoms with Crippen molar-refractivity contribution in [2.45, 2.75) is 29.9 Å². The molecule has 0 aliphatic heterocycles. The summed E-state index contributed by atoms with van der Waals surface area (Å²) in [6.07, 6.45) is -9.44. The van der Waals surface area contributed by atoms with Crippen LogP contribution >= 0.6 is 0 Å². The van der Waals surface area contributed by atoms with Crippen molar-refractivity contribution >= 4 is 10.1 Å². The molecule has 2 atom stereocenters. The molecule has 0 aliphatic rings. The van der Waals surface area contributed by atoms with E-state index in [1.54, 1.807) is 0 Å². The molecule has 0 aromatic heterocycles. The molecule has 0 aliphatic carbocycles. The maximum Gasteiger partial charge on any atom is 1.00 e. The number of rotatable bonds is 5. The van der Waals surface area contributed by atoms with Gasteiger partial charge in [0, 0.05) is 0 Å². The quantitative estimate of drug-likeness (QED) is 0.360. The third kappa shape index (κ3) is 3.92. The van der Waals surface area contributed by atoms with Crippen molar-refractivity contribution in [1.29, 1.82) is 0 Å². The van der Waals surface area contributed by atoms with Crippen molar-refractivity contribution in [2.24, 2.45) is 0 Å². The summed E-state index contributed by atoms with van der Waals surface area (Å²) in [7, 11) is -6.56. The zero-order chi connectivity index (χ0) is 14.2. The third-order valence-electron chi connectivity index (χ3n) is 1.55. The van der Waals surface area contributed by atoms with E-state index in [0.29, 0.717) is 0 Å². The van der Waals surface area contributed by atoms with Gasteiger partial charge < -0.3 is 4.55 Å². The van der Waals surface area contributed by atoms with Gasteiger partial charge in [-0.3, -0.25) is 0 Å². The van der Waals surface area contributed by atoms with Gasteiger partial charge in [-0.2, -0.15) is 17.6 Å². The summed E-state index contributed by atoms with van der Waals surface area (Å²) in [5.74, 6) is -12.8. The van der Waals surface area contributed by atoms with Crippen molar-refractivity contribution in [2.75, 3.05) is 0 Å². The van der Waals surface area contributed by atoms with Gasteiger partial charge in [-0.1, -0.05) is 0 Å². The molecule has 0 amide bonds. The minimum atomic E-state index is -6.56. The van der Waals surface area contributed by atoms with E-state index in [9.17, 15) is 48.1 Å². The average Bonchev–Trinajstić information content (AvgIpc) is 2.13. The first-order valence-electron chi connectivity index (χ1n) is 3.53.